The number of hydrogen-bond acceptors (Lipinski definition) is 6. The highest BCUT2D eigenvalue weighted by atomic mass is 32.2. The minimum absolute atomic E-state index is 0.0345. The van der Waals surface area contributed by atoms with Crippen molar-refractivity contribution in [3.05, 3.63) is 36.2 Å². The zero-order chi connectivity index (χ0) is 21.3. The second-order valence-electron chi connectivity index (χ2n) is 7.87. The van der Waals surface area contributed by atoms with Crippen LogP contribution in [0.25, 0.3) is 0 Å². The van der Waals surface area contributed by atoms with Crippen LogP contribution in [0.4, 0.5) is 10.5 Å². The van der Waals surface area contributed by atoms with E-state index in [9.17, 15) is 14.7 Å². The number of anilines is 1. The van der Waals surface area contributed by atoms with Gasteiger partial charge in [0.2, 0.25) is 5.91 Å². The first-order chi connectivity index (χ1) is 14.4. The van der Waals surface area contributed by atoms with Crippen molar-refractivity contribution in [1.29, 1.82) is 0 Å². The maximum absolute atomic E-state index is 12.5. The molecule has 1 unspecified atom stereocenters. The molecule has 3 heterocycles. The average molecular weight is 431 g/mol. The molecule has 4 rings (SSSR count). The number of aromatic nitrogens is 3. The number of benzene rings is 1. The first-order valence-electron chi connectivity index (χ1n) is 10.0. The quantitative estimate of drug-likeness (QED) is 0.700. The van der Waals surface area contributed by atoms with Gasteiger partial charge in [-0.1, -0.05) is 23.9 Å². The van der Waals surface area contributed by atoms with E-state index < -0.39 is 6.10 Å². The number of β-amino-alcohol motifs (C(OH)–C–C–N with tert-alkyl or cyclic N) is 1. The van der Waals surface area contributed by atoms with Crippen LogP contribution < -0.4 is 5.32 Å². The lowest BCUT2D eigenvalue weighted by atomic mass is 9.99. The number of carbonyl (C=O) groups excluding carboxylic acids is 2. The molecule has 160 valence electrons. The molecule has 0 saturated carbocycles. The maximum Gasteiger partial charge on any atom is 0.321 e. The molecule has 9 nitrogen and oxygen atoms in total. The molecular formula is C20H26N6O3S. The van der Waals surface area contributed by atoms with Crippen LogP contribution >= 0.6 is 11.8 Å². The van der Waals surface area contributed by atoms with E-state index in [1.165, 1.54) is 0 Å². The summed E-state index contributed by atoms with van der Waals surface area (Å²) in [6, 6.07) is 7.55. The predicted molar refractivity (Wildman–Crippen MR) is 113 cm³/mol. The summed E-state index contributed by atoms with van der Waals surface area (Å²) in [6.45, 7) is 3.91. The van der Waals surface area contributed by atoms with Crippen LogP contribution in [0.15, 0.2) is 35.7 Å². The maximum atomic E-state index is 12.5. The number of aliphatic hydroxyl groups excluding tert-OH is 1. The number of aliphatic hydroxyl groups is 1. The van der Waals surface area contributed by atoms with Crippen molar-refractivity contribution in [1.82, 2.24) is 24.6 Å². The van der Waals surface area contributed by atoms with Crippen molar-refractivity contribution in [2.45, 2.75) is 29.9 Å². The van der Waals surface area contributed by atoms with Gasteiger partial charge in [0.05, 0.1) is 12.0 Å². The Kier molecular flexibility index (Phi) is 5.96. The van der Waals surface area contributed by atoms with Crippen molar-refractivity contribution in [2.75, 3.05) is 31.5 Å². The minimum Gasteiger partial charge on any atom is -0.391 e. The fraction of sp³-hybridized carbons (Fsp3) is 0.500. The number of nitrogens with one attached hydrogen (secondary N) is 1. The Morgan fingerprint density at radius 1 is 1.27 bits per heavy atom. The molecule has 2 aromatic rings. The van der Waals surface area contributed by atoms with E-state index in [4.69, 9.17) is 0 Å². The van der Waals surface area contributed by atoms with Crippen LogP contribution in [-0.2, 0) is 11.8 Å². The van der Waals surface area contributed by atoms with Gasteiger partial charge in [-0.05, 0) is 31.0 Å². The molecule has 2 fully saturated rings. The number of urea groups is 1. The highest BCUT2D eigenvalue weighted by Gasteiger charge is 2.39. The molecule has 1 aromatic carbocycles. The molecule has 30 heavy (non-hydrogen) atoms. The normalized spacial score (nSPS) is 20.2. The lowest BCUT2D eigenvalue weighted by Gasteiger charge is -2.39. The van der Waals surface area contributed by atoms with Gasteiger partial charge in [0.1, 0.15) is 6.33 Å². The number of thioether (sulfide) groups is 1. The number of likely N-dealkylation sites (tertiary alicyclic amines) is 2. The Hall–Kier alpha value is -2.59. The summed E-state index contributed by atoms with van der Waals surface area (Å²) in [5.41, 5.74) is 1.80. The molecule has 2 atom stereocenters. The molecular weight excluding hydrogens is 404 g/mol. The van der Waals surface area contributed by atoms with Crippen molar-refractivity contribution in [2.24, 2.45) is 13.0 Å². The van der Waals surface area contributed by atoms with E-state index in [1.54, 1.807) is 27.9 Å². The smallest absolute Gasteiger partial charge is 0.321 e. The van der Waals surface area contributed by atoms with Crippen molar-refractivity contribution < 1.29 is 14.7 Å². The zero-order valence-electron chi connectivity index (χ0n) is 17.1. The summed E-state index contributed by atoms with van der Waals surface area (Å²) in [7, 11) is 1.91. The number of hydrogen-bond donors (Lipinski definition) is 2. The molecule has 0 radical (unpaired) electrons. The van der Waals surface area contributed by atoms with Gasteiger partial charge in [-0.25, -0.2) is 4.79 Å². The summed E-state index contributed by atoms with van der Waals surface area (Å²) >= 11 is 1.60. The van der Waals surface area contributed by atoms with Gasteiger partial charge in [0.15, 0.2) is 5.16 Å². The van der Waals surface area contributed by atoms with Gasteiger partial charge >= 0.3 is 6.03 Å². The molecule has 2 saturated heterocycles. The van der Waals surface area contributed by atoms with Crippen LogP contribution in [0.3, 0.4) is 0 Å². The van der Waals surface area contributed by atoms with Gasteiger partial charge in [0, 0.05) is 44.2 Å². The van der Waals surface area contributed by atoms with E-state index in [2.05, 4.69) is 22.4 Å². The zero-order valence-corrected chi connectivity index (χ0v) is 17.9. The standard InChI is InChI=1S/C20H26N6O3S/c1-13(30-20-23-21-12-24(20)2)14-4-3-5-16(8-14)22-19(29)26-9-15(10-26)18(28)25-7-6-17(27)11-25/h3-5,8,12-13,15,17,27H,6-7,9-11H2,1-2H3,(H,22,29)/t13-,17?/m0/s1. The molecule has 2 aliphatic heterocycles. The highest BCUT2D eigenvalue weighted by molar-refractivity contribution is 7.99. The Bertz CT molecular complexity index is 929. The molecule has 2 N–H and O–H groups in total. The fourth-order valence-corrected chi connectivity index (χ4v) is 4.58. The number of rotatable bonds is 5. The molecule has 2 aliphatic rings. The molecule has 0 spiro atoms. The number of carbonyl (C=O) groups is 2. The van der Waals surface area contributed by atoms with Gasteiger partial charge < -0.3 is 24.8 Å². The number of nitrogens with zero attached hydrogens (tertiary/aromatic N) is 5. The Labute approximate surface area is 179 Å². The van der Waals surface area contributed by atoms with Crippen LogP contribution in [0.5, 0.6) is 0 Å². The topological polar surface area (TPSA) is 104 Å². The third-order valence-corrected chi connectivity index (χ3v) is 6.76. The van der Waals surface area contributed by atoms with Gasteiger partial charge in [-0.3, -0.25) is 4.79 Å². The van der Waals surface area contributed by atoms with Crippen LogP contribution in [0.2, 0.25) is 0 Å². The fourth-order valence-electron chi connectivity index (χ4n) is 3.68. The third kappa shape index (κ3) is 4.44. The second kappa shape index (κ2) is 8.65. The van der Waals surface area contributed by atoms with Crippen molar-refractivity contribution in [3.8, 4) is 0 Å². The van der Waals surface area contributed by atoms with E-state index in [0.29, 0.717) is 32.6 Å². The van der Waals surface area contributed by atoms with Crippen LogP contribution in [0.1, 0.15) is 24.2 Å². The first kappa shape index (κ1) is 20.7. The molecule has 0 aliphatic carbocycles. The van der Waals surface area contributed by atoms with E-state index in [1.807, 2.05) is 35.9 Å². The van der Waals surface area contributed by atoms with Gasteiger partial charge in [0.25, 0.3) is 0 Å². The lowest BCUT2D eigenvalue weighted by molar-refractivity contribution is -0.138. The predicted octanol–water partition coefficient (Wildman–Crippen LogP) is 1.73. The summed E-state index contributed by atoms with van der Waals surface area (Å²) in [5.74, 6) is -0.137. The van der Waals surface area contributed by atoms with E-state index in [0.717, 1.165) is 16.4 Å². The molecule has 3 amide bonds. The molecule has 1 aromatic heterocycles. The van der Waals surface area contributed by atoms with Crippen LogP contribution in [-0.4, -0.2) is 73.9 Å². The SMILES string of the molecule is C[C@H](Sc1nncn1C)c1cccc(NC(=O)N2CC(C(=O)N3CCC(O)C3)C2)c1. The summed E-state index contributed by atoms with van der Waals surface area (Å²) in [6.07, 6.45) is 1.88. The summed E-state index contributed by atoms with van der Waals surface area (Å²) < 4.78 is 1.87. The third-order valence-electron chi connectivity index (χ3n) is 5.55. The van der Waals surface area contributed by atoms with E-state index >= 15 is 0 Å². The monoisotopic (exact) mass is 430 g/mol. The Morgan fingerprint density at radius 2 is 2.07 bits per heavy atom. The van der Waals surface area contributed by atoms with Gasteiger partial charge in [-0.15, -0.1) is 10.2 Å². The Morgan fingerprint density at radius 3 is 2.73 bits per heavy atom. The van der Waals surface area contributed by atoms with E-state index in [-0.39, 0.29) is 23.1 Å². The summed E-state index contributed by atoms with van der Waals surface area (Å²) in [4.78, 5) is 28.3. The second-order valence-corrected chi connectivity index (χ2v) is 9.18. The van der Waals surface area contributed by atoms with Crippen LogP contribution in [0, 0.1) is 5.92 Å². The molecule has 0 bridgehead atoms. The largest absolute Gasteiger partial charge is 0.391 e. The number of amides is 3. The molecule has 10 heteroatoms. The summed E-state index contributed by atoms with van der Waals surface area (Å²) in [5, 5.41) is 21.5. The first-order valence-corrected chi connectivity index (χ1v) is 10.9. The minimum atomic E-state index is -0.421. The number of aryl methyl sites for hydroxylation is 1. The average Bonchev–Trinajstić information content (AvgIpc) is 3.29. The van der Waals surface area contributed by atoms with Crippen molar-refractivity contribution in [3.63, 3.8) is 0 Å². The highest BCUT2D eigenvalue weighted by Crippen LogP contribution is 2.34. The Balaban J connectivity index is 1.29. The van der Waals surface area contributed by atoms with Gasteiger partial charge in [-0.2, -0.15) is 0 Å². The lowest BCUT2D eigenvalue weighted by Crippen LogP contribution is -2.57. The van der Waals surface area contributed by atoms with Crippen molar-refractivity contribution >= 4 is 29.4 Å².